The van der Waals surface area contributed by atoms with Gasteiger partial charge in [-0.15, -0.1) is 0 Å². The first-order valence-electron chi connectivity index (χ1n) is 7.63. The fourth-order valence-electron chi connectivity index (χ4n) is 2.44. The maximum Gasteiger partial charge on any atom is 0.152 e. The molecule has 0 aliphatic heterocycles. The van der Waals surface area contributed by atoms with Crippen molar-refractivity contribution in [1.29, 1.82) is 0 Å². The second-order valence-electron chi connectivity index (χ2n) is 5.58. The van der Waals surface area contributed by atoms with Crippen molar-refractivity contribution in [2.24, 2.45) is 0 Å². The van der Waals surface area contributed by atoms with Gasteiger partial charge in [0, 0.05) is 16.1 Å². The lowest BCUT2D eigenvalue weighted by atomic mass is 10.0. The van der Waals surface area contributed by atoms with Gasteiger partial charge in [0.1, 0.15) is 18.6 Å². The van der Waals surface area contributed by atoms with Crippen LogP contribution in [0.4, 0.5) is 0 Å². The molecule has 3 aromatic rings. The maximum absolute atomic E-state index is 11.2. The molecule has 132 valence electrons. The highest BCUT2D eigenvalue weighted by Gasteiger charge is 2.13. The van der Waals surface area contributed by atoms with E-state index in [1.807, 2.05) is 12.1 Å². The Hall–Kier alpha value is -2.20. The van der Waals surface area contributed by atoms with Gasteiger partial charge in [0.25, 0.3) is 0 Å². The molecule has 0 aromatic heterocycles. The van der Waals surface area contributed by atoms with Gasteiger partial charge in [0.05, 0.1) is 10.0 Å². The largest absolute Gasteiger partial charge is 0.505 e. The average molecular weight is 408 g/mol. The van der Waals surface area contributed by atoms with Crippen molar-refractivity contribution >= 4 is 41.1 Å². The van der Waals surface area contributed by atoms with Crippen LogP contribution in [0.15, 0.2) is 54.6 Å². The summed E-state index contributed by atoms with van der Waals surface area (Å²) in [6.07, 6.45) is 0.746. The summed E-state index contributed by atoms with van der Waals surface area (Å²) in [4.78, 5) is 11.2. The van der Waals surface area contributed by atoms with Crippen LogP contribution in [-0.2, 0) is 6.61 Å². The molecular formula is C20H13Cl3O3. The summed E-state index contributed by atoms with van der Waals surface area (Å²) in [5.41, 5.74) is 2.71. The number of hydrogen-bond acceptors (Lipinski definition) is 3. The van der Waals surface area contributed by atoms with Crippen LogP contribution < -0.4 is 4.74 Å². The maximum atomic E-state index is 11.2. The highest BCUT2D eigenvalue weighted by molar-refractivity contribution is 6.37. The number of ether oxygens (including phenoxy) is 1. The Morgan fingerprint density at radius 1 is 0.923 bits per heavy atom. The van der Waals surface area contributed by atoms with Gasteiger partial charge in [-0.05, 0) is 53.6 Å². The zero-order valence-electron chi connectivity index (χ0n) is 13.4. The standard InChI is InChI=1S/C20H13Cl3O3/c21-15-4-1-12(2-5-15)11-26-19-6-3-13(10-24)7-16(19)14-8-17(22)20(25)18(23)9-14/h1-10,25H,11H2. The van der Waals surface area contributed by atoms with Crippen LogP contribution in [0, 0.1) is 0 Å². The van der Waals surface area contributed by atoms with Crippen LogP contribution in [-0.4, -0.2) is 11.4 Å². The molecule has 0 aliphatic carbocycles. The average Bonchev–Trinajstić information content (AvgIpc) is 2.65. The number of phenolic OH excluding ortho intramolecular Hbond substituents is 1. The Labute approximate surface area is 165 Å². The van der Waals surface area contributed by atoms with Gasteiger partial charge >= 0.3 is 0 Å². The highest BCUT2D eigenvalue weighted by atomic mass is 35.5. The number of phenols is 1. The number of aldehydes is 1. The molecule has 26 heavy (non-hydrogen) atoms. The fraction of sp³-hybridized carbons (Fsp3) is 0.0500. The molecule has 0 spiro atoms. The minimum atomic E-state index is -0.188. The van der Waals surface area contributed by atoms with Crippen molar-refractivity contribution in [3.05, 3.63) is 80.8 Å². The van der Waals surface area contributed by atoms with E-state index < -0.39 is 0 Å². The molecule has 0 heterocycles. The molecule has 0 fully saturated rings. The highest BCUT2D eigenvalue weighted by Crippen LogP contribution is 2.39. The van der Waals surface area contributed by atoms with Crippen LogP contribution in [0.5, 0.6) is 11.5 Å². The third-order valence-corrected chi connectivity index (χ3v) is 4.60. The normalized spacial score (nSPS) is 10.6. The van der Waals surface area contributed by atoms with Gasteiger partial charge in [0.15, 0.2) is 5.75 Å². The van der Waals surface area contributed by atoms with Gasteiger partial charge in [-0.2, -0.15) is 0 Å². The lowest BCUT2D eigenvalue weighted by Gasteiger charge is -2.14. The van der Waals surface area contributed by atoms with E-state index in [9.17, 15) is 9.90 Å². The molecule has 1 N–H and O–H groups in total. The second kappa shape index (κ2) is 8.00. The first kappa shape index (κ1) is 18.6. The van der Waals surface area contributed by atoms with E-state index >= 15 is 0 Å². The Bertz CT molecular complexity index is 930. The number of rotatable bonds is 5. The first-order valence-corrected chi connectivity index (χ1v) is 8.76. The van der Waals surface area contributed by atoms with Gasteiger partial charge in [0.2, 0.25) is 0 Å². The van der Waals surface area contributed by atoms with Crippen LogP contribution >= 0.6 is 34.8 Å². The third kappa shape index (κ3) is 4.13. The summed E-state index contributed by atoms with van der Waals surface area (Å²) in [6.45, 7) is 0.324. The smallest absolute Gasteiger partial charge is 0.152 e. The molecule has 3 rings (SSSR count). The van der Waals surface area contributed by atoms with Crippen LogP contribution in [0.2, 0.25) is 15.1 Å². The molecule has 0 radical (unpaired) electrons. The Balaban J connectivity index is 1.98. The molecule has 3 nitrogen and oxygen atoms in total. The Morgan fingerprint density at radius 3 is 2.19 bits per heavy atom. The number of hydrogen-bond donors (Lipinski definition) is 1. The van der Waals surface area contributed by atoms with E-state index in [-0.39, 0.29) is 15.8 Å². The molecule has 0 amide bonds. The predicted molar refractivity (Wildman–Crippen MR) is 105 cm³/mol. The van der Waals surface area contributed by atoms with E-state index in [0.29, 0.717) is 34.1 Å². The van der Waals surface area contributed by atoms with E-state index in [4.69, 9.17) is 39.5 Å². The van der Waals surface area contributed by atoms with E-state index in [1.165, 1.54) is 0 Å². The summed E-state index contributed by atoms with van der Waals surface area (Å²) >= 11 is 17.9. The molecular weight excluding hydrogens is 395 g/mol. The summed E-state index contributed by atoms with van der Waals surface area (Å²) in [7, 11) is 0. The summed E-state index contributed by atoms with van der Waals surface area (Å²) in [6, 6.07) is 15.5. The molecule has 3 aromatic carbocycles. The first-order chi connectivity index (χ1) is 12.5. The quantitative estimate of drug-likeness (QED) is 0.497. The predicted octanol–water partition coefficient (Wildman–Crippen LogP) is 6.41. The van der Waals surface area contributed by atoms with Gasteiger partial charge in [-0.25, -0.2) is 0 Å². The topological polar surface area (TPSA) is 46.5 Å². The Morgan fingerprint density at radius 2 is 1.58 bits per heavy atom. The number of benzene rings is 3. The van der Waals surface area contributed by atoms with Crippen LogP contribution in [0.25, 0.3) is 11.1 Å². The van der Waals surface area contributed by atoms with Crippen molar-refractivity contribution < 1.29 is 14.6 Å². The van der Waals surface area contributed by atoms with Crippen LogP contribution in [0.1, 0.15) is 15.9 Å². The SMILES string of the molecule is O=Cc1ccc(OCc2ccc(Cl)cc2)c(-c2cc(Cl)c(O)c(Cl)c2)c1. The third-order valence-electron chi connectivity index (χ3n) is 3.78. The minimum absolute atomic E-state index is 0.118. The van der Waals surface area contributed by atoms with Crippen molar-refractivity contribution in [2.75, 3.05) is 0 Å². The van der Waals surface area contributed by atoms with Crippen molar-refractivity contribution in [3.8, 4) is 22.6 Å². The van der Waals surface area contributed by atoms with Gasteiger partial charge < -0.3 is 9.84 Å². The number of carbonyl (C=O) groups excluding carboxylic acids is 1. The van der Waals surface area contributed by atoms with E-state index in [2.05, 4.69) is 0 Å². The van der Waals surface area contributed by atoms with E-state index in [0.717, 1.165) is 11.8 Å². The van der Waals surface area contributed by atoms with Gasteiger partial charge in [-0.1, -0.05) is 46.9 Å². The molecule has 0 unspecified atom stereocenters. The van der Waals surface area contributed by atoms with Crippen molar-refractivity contribution in [3.63, 3.8) is 0 Å². The summed E-state index contributed by atoms with van der Waals surface area (Å²) in [5.74, 6) is 0.371. The lowest BCUT2D eigenvalue weighted by Crippen LogP contribution is -1.98. The lowest BCUT2D eigenvalue weighted by molar-refractivity contribution is 0.112. The molecule has 0 saturated heterocycles. The summed E-state index contributed by atoms with van der Waals surface area (Å²) in [5, 5.41) is 10.6. The molecule has 0 aliphatic rings. The molecule has 0 atom stereocenters. The minimum Gasteiger partial charge on any atom is -0.505 e. The summed E-state index contributed by atoms with van der Waals surface area (Å²) < 4.78 is 5.92. The number of halogens is 3. The van der Waals surface area contributed by atoms with Crippen LogP contribution in [0.3, 0.4) is 0 Å². The molecule has 6 heteroatoms. The van der Waals surface area contributed by atoms with E-state index in [1.54, 1.807) is 42.5 Å². The fourth-order valence-corrected chi connectivity index (χ4v) is 3.05. The number of aromatic hydroxyl groups is 1. The monoisotopic (exact) mass is 406 g/mol. The second-order valence-corrected chi connectivity index (χ2v) is 6.83. The molecule has 0 saturated carbocycles. The van der Waals surface area contributed by atoms with Gasteiger partial charge in [-0.3, -0.25) is 4.79 Å². The number of carbonyl (C=O) groups is 1. The Kier molecular flexibility index (Phi) is 5.72. The van der Waals surface area contributed by atoms with Crippen molar-refractivity contribution in [2.45, 2.75) is 6.61 Å². The molecule has 0 bridgehead atoms. The zero-order chi connectivity index (χ0) is 18.7. The van der Waals surface area contributed by atoms with Crippen molar-refractivity contribution in [1.82, 2.24) is 0 Å². The zero-order valence-corrected chi connectivity index (χ0v) is 15.6.